The molecule has 0 bridgehead atoms. The Morgan fingerprint density at radius 3 is 2.38 bits per heavy atom. The summed E-state index contributed by atoms with van der Waals surface area (Å²) < 4.78 is 0. The van der Waals surface area contributed by atoms with Crippen LogP contribution in [-0.4, -0.2) is 28.0 Å². The number of nitrogens with zero attached hydrogens (tertiary/aromatic N) is 3. The first-order valence-electron chi connectivity index (χ1n) is 10.2. The van der Waals surface area contributed by atoms with Gasteiger partial charge in [0.1, 0.15) is 17.8 Å². The van der Waals surface area contributed by atoms with E-state index >= 15 is 0 Å². The highest BCUT2D eigenvalue weighted by Gasteiger charge is 2.12. The van der Waals surface area contributed by atoms with Gasteiger partial charge in [-0.25, -0.2) is 9.97 Å². The normalized spacial score (nSPS) is 12.1. The molecule has 0 aliphatic carbocycles. The number of fused-ring (bicyclic) bond motifs is 1. The van der Waals surface area contributed by atoms with Crippen LogP contribution in [-0.2, 0) is 0 Å². The maximum Gasteiger partial charge on any atom is 0.143 e. The van der Waals surface area contributed by atoms with Gasteiger partial charge < -0.3 is 15.2 Å². The van der Waals surface area contributed by atoms with E-state index in [1.54, 1.807) is 6.33 Å². The highest BCUT2D eigenvalue weighted by molar-refractivity contribution is 5.91. The minimum Gasteiger partial charge on any atom is -0.372 e. The van der Waals surface area contributed by atoms with Gasteiger partial charge in [0.2, 0.25) is 0 Å². The fraction of sp³-hybridized carbons (Fsp3) is 0.250. The van der Waals surface area contributed by atoms with Crippen LogP contribution < -0.4 is 10.2 Å². The molecule has 148 valence electrons. The van der Waals surface area contributed by atoms with Gasteiger partial charge in [-0.1, -0.05) is 42.5 Å². The predicted molar refractivity (Wildman–Crippen MR) is 121 cm³/mol. The molecule has 5 heteroatoms. The highest BCUT2D eigenvalue weighted by Crippen LogP contribution is 2.29. The number of nitrogens with one attached hydrogen (secondary N) is 2. The largest absolute Gasteiger partial charge is 0.372 e. The van der Waals surface area contributed by atoms with Crippen molar-refractivity contribution >= 4 is 22.5 Å². The van der Waals surface area contributed by atoms with E-state index in [2.05, 4.69) is 101 Å². The number of hydrogen-bond acceptors (Lipinski definition) is 4. The molecule has 0 saturated heterocycles. The molecule has 0 radical (unpaired) electrons. The summed E-state index contributed by atoms with van der Waals surface area (Å²) in [5.41, 5.74) is 5.49. The van der Waals surface area contributed by atoms with Gasteiger partial charge in [-0.15, -0.1) is 0 Å². The number of aromatic nitrogens is 3. The summed E-state index contributed by atoms with van der Waals surface area (Å²) in [4.78, 5) is 14.7. The average molecular weight is 386 g/mol. The van der Waals surface area contributed by atoms with E-state index in [0.29, 0.717) is 0 Å². The standard InChI is InChI=1S/C24H27N5/c1-4-29(5-2)20-13-11-19(12-14-20)22-15-21-23(25-16-26-24(21)28-22)27-17(3)18-9-7-6-8-10-18/h6-17H,4-5H2,1-3H3,(H2,25,26,27,28). The third kappa shape index (κ3) is 3.94. The summed E-state index contributed by atoms with van der Waals surface area (Å²) >= 11 is 0. The maximum atomic E-state index is 4.49. The highest BCUT2D eigenvalue weighted by atomic mass is 15.1. The van der Waals surface area contributed by atoms with Crippen molar-refractivity contribution in [3.05, 3.63) is 72.6 Å². The summed E-state index contributed by atoms with van der Waals surface area (Å²) in [6, 6.07) is 21.3. The van der Waals surface area contributed by atoms with Crippen LogP contribution in [0.15, 0.2) is 67.0 Å². The smallest absolute Gasteiger partial charge is 0.143 e. The Balaban J connectivity index is 1.62. The molecule has 1 unspecified atom stereocenters. The second-order valence-electron chi connectivity index (χ2n) is 7.16. The van der Waals surface area contributed by atoms with Crippen LogP contribution in [0.2, 0.25) is 0 Å². The number of rotatable bonds is 7. The van der Waals surface area contributed by atoms with Crippen LogP contribution in [0.4, 0.5) is 11.5 Å². The molecular formula is C24H27N5. The lowest BCUT2D eigenvalue weighted by Gasteiger charge is -2.21. The van der Waals surface area contributed by atoms with Gasteiger partial charge in [0, 0.05) is 30.5 Å². The van der Waals surface area contributed by atoms with Crippen molar-refractivity contribution in [3.8, 4) is 11.3 Å². The van der Waals surface area contributed by atoms with Crippen molar-refractivity contribution in [2.45, 2.75) is 26.8 Å². The minimum absolute atomic E-state index is 0.154. The van der Waals surface area contributed by atoms with Gasteiger partial charge in [-0.3, -0.25) is 0 Å². The maximum absolute atomic E-state index is 4.49. The fourth-order valence-corrected chi connectivity index (χ4v) is 3.68. The lowest BCUT2D eigenvalue weighted by molar-refractivity contribution is 0.866. The summed E-state index contributed by atoms with van der Waals surface area (Å²) in [5.74, 6) is 0.841. The molecule has 2 heterocycles. The number of hydrogen-bond donors (Lipinski definition) is 2. The first kappa shape index (κ1) is 19.0. The van der Waals surface area contributed by atoms with Gasteiger partial charge in [0.25, 0.3) is 0 Å². The Morgan fingerprint density at radius 1 is 0.966 bits per heavy atom. The SMILES string of the molecule is CCN(CC)c1ccc(-c2cc3c(NC(C)c4ccccc4)ncnc3[nH]2)cc1. The van der Waals surface area contributed by atoms with Crippen molar-refractivity contribution in [1.82, 2.24) is 15.0 Å². The lowest BCUT2D eigenvalue weighted by atomic mass is 10.1. The quantitative estimate of drug-likeness (QED) is 0.432. The fourth-order valence-electron chi connectivity index (χ4n) is 3.68. The summed E-state index contributed by atoms with van der Waals surface area (Å²) in [7, 11) is 0. The Labute approximate surface area is 171 Å². The number of H-pyrrole nitrogens is 1. The van der Waals surface area contributed by atoms with E-state index < -0.39 is 0 Å². The lowest BCUT2D eigenvalue weighted by Crippen LogP contribution is -2.21. The third-order valence-corrected chi connectivity index (χ3v) is 5.39. The second kappa shape index (κ2) is 8.35. The van der Waals surface area contributed by atoms with Crippen LogP contribution in [0.25, 0.3) is 22.3 Å². The number of anilines is 2. The molecule has 0 spiro atoms. The Morgan fingerprint density at radius 2 is 1.69 bits per heavy atom. The Bertz CT molecular complexity index is 1070. The van der Waals surface area contributed by atoms with Crippen molar-refractivity contribution in [2.75, 3.05) is 23.3 Å². The van der Waals surface area contributed by atoms with Crippen LogP contribution >= 0.6 is 0 Å². The molecule has 2 N–H and O–H groups in total. The van der Waals surface area contributed by atoms with Gasteiger partial charge >= 0.3 is 0 Å². The van der Waals surface area contributed by atoms with Gasteiger partial charge in [-0.2, -0.15) is 0 Å². The third-order valence-electron chi connectivity index (χ3n) is 5.39. The van der Waals surface area contributed by atoms with Crippen molar-refractivity contribution in [2.24, 2.45) is 0 Å². The zero-order chi connectivity index (χ0) is 20.2. The number of benzene rings is 2. The van der Waals surface area contributed by atoms with E-state index in [-0.39, 0.29) is 6.04 Å². The molecule has 0 saturated carbocycles. The zero-order valence-corrected chi connectivity index (χ0v) is 17.2. The van der Waals surface area contributed by atoms with Crippen molar-refractivity contribution in [1.29, 1.82) is 0 Å². The van der Waals surface area contributed by atoms with Crippen molar-refractivity contribution < 1.29 is 0 Å². The van der Waals surface area contributed by atoms with Crippen LogP contribution in [0.3, 0.4) is 0 Å². The minimum atomic E-state index is 0.154. The molecule has 4 rings (SSSR count). The molecule has 0 amide bonds. The molecule has 1 atom stereocenters. The Hall–Kier alpha value is -3.34. The molecule has 2 aromatic carbocycles. The molecule has 5 nitrogen and oxygen atoms in total. The van der Waals surface area contributed by atoms with Gasteiger partial charge in [0.15, 0.2) is 0 Å². The molecule has 2 aromatic heterocycles. The molecule has 0 aliphatic heterocycles. The number of aromatic amines is 1. The molecule has 4 aromatic rings. The van der Waals surface area contributed by atoms with E-state index in [4.69, 9.17) is 0 Å². The first-order valence-corrected chi connectivity index (χ1v) is 10.2. The van der Waals surface area contributed by atoms with Crippen LogP contribution in [0.1, 0.15) is 32.4 Å². The Kier molecular flexibility index (Phi) is 5.47. The summed E-state index contributed by atoms with van der Waals surface area (Å²) in [6.45, 7) is 8.51. The average Bonchev–Trinajstić information content (AvgIpc) is 3.21. The molecule has 29 heavy (non-hydrogen) atoms. The van der Waals surface area contributed by atoms with E-state index in [0.717, 1.165) is 41.2 Å². The predicted octanol–water partition coefficient (Wildman–Crippen LogP) is 5.64. The zero-order valence-electron chi connectivity index (χ0n) is 17.2. The van der Waals surface area contributed by atoms with E-state index in [1.165, 1.54) is 11.3 Å². The summed E-state index contributed by atoms with van der Waals surface area (Å²) in [6.07, 6.45) is 1.60. The topological polar surface area (TPSA) is 56.8 Å². The van der Waals surface area contributed by atoms with E-state index in [1.807, 2.05) is 6.07 Å². The summed E-state index contributed by atoms with van der Waals surface area (Å²) in [5, 5.41) is 4.53. The molecule has 0 fully saturated rings. The van der Waals surface area contributed by atoms with Gasteiger partial charge in [-0.05, 0) is 50.1 Å². The van der Waals surface area contributed by atoms with Crippen LogP contribution in [0.5, 0.6) is 0 Å². The first-order chi connectivity index (χ1) is 14.2. The monoisotopic (exact) mass is 385 g/mol. The van der Waals surface area contributed by atoms with Crippen molar-refractivity contribution in [3.63, 3.8) is 0 Å². The van der Waals surface area contributed by atoms with Gasteiger partial charge in [0.05, 0.1) is 5.39 Å². The molecule has 0 aliphatic rings. The second-order valence-corrected chi connectivity index (χ2v) is 7.16. The molecular weight excluding hydrogens is 358 g/mol. The van der Waals surface area contributed by atoms with E-state index in [9.17, 15) is 0 Å². The van der Waals surface area contributed by atoms with Crippen LogP contribution in [0, 0.1) is 0 Å².